The van der Waals surface area contributed by atoms with Gasteiger partial charge in [0.25, 0.3) is 5.69 Å². The standard InChI is InChI=1S/C12H9N5O2/c18-17(19)10-2-4-12(13-7-10)15-9-1-3-11-8(5-9)6-14-16-11/h1-7H,(H,13,15)(H,14,16). The van der Waals surface area contributed by atoms with Crippen LogP contribution in [0, 0.1) is 10.1 Å². The van der Waals surface area contributed by atoms with Gasteiger partial charge in [0.1, 0.15) is 12.0 Å². The third-order valence-electron chi connectivity index (χ3n) is 2.67. The number of nitrogens with zero attached hydrogens (tertiary/aromatic N) is 3. The summed E-state index contributed by atoms with van der Waals surface area (Å²) in [5.41, 5.74) is 1.76. The largest absolute Gasteiger partial charge is 0.340 e. The van der Waals surface area contributed by atoms with E-state index in [1.807, 2.05) is 18.2 Å². The molecule has 0 aliphatic rings. The van der Waals surface area contributed by atoms with Gasteiger partial charge in [-0.1, -0.05) is 0 Å². The Morgan fingerprint density at radius 3 is 2.84 bits per heavy atom. The fraction of sp³-hybridized carbons (Fsp3) is 0. The highest BCUT2D eigenvalue weighted by molar-refractivity contribution is 5.82. The number of hydrogen-bond donors (Lipinski definition) is 2. The van der Waals surface area contributed by atoms with Crippen LogP contribution in [0.3, 0.4) is 0 Å². The third kappa shape index (κ3) is 2.21. The Morgan fingerprint density at radius 2 is 2.11 bits per heavy atom. The van der Waals surface area contributed by atoms with E-state index in [4.69, 9.17) is 0 Å². The topological polar surface area (TPSA) is 96.7 Å². The van der Waals surface area contributed by atoms with E-state index < -0.39 is 4.92 Å². The molecule has 1 aromatic carbocycles. The highest BCUT2D eigenvalue weighted by Gasteiger charge is 2.05. The van der Waals surface area contributed by atoms with E-state index in [9.17, 15) is 10.1 Å². The van der Waals surface area contributed by atoms with Gasteiger partial charge in [0.05, 0.1) is 16.6 Å². The molecule has 19 heavy (non-hydrogen) atoms. The molecule has 2 N–H and O–H groups in total. The average molecular weight is 255 g/mol. The molecule has 2 aromatic heterocycles. The number of H-pyrrole nitrogens is 1. The van der Waals surface area contributed by atoms with Crippen LogP contribution in [0.4, 0.5) is 17.2 Å². The maximum Gasteiger partial charge on any atom is 0.287 e. The number of rotatable bonds is 3. The summed E-state index contributed by atoms with van der Waals surface area (Å²) >= 11 is 0. The molecular weight excluding hydrogens is 246 g/mol. The maximum atomic E-state index is 10.5. The Hall–Kier alpha value is -2.96. The fourth-order valence-electron chi connectivity index (χ4n) is 1.74. The van der Waals surface area contributed by atoms with Crippen LogP contribution in [0.15, 0.2) is 42.7 Å². The number of aromatic amines is 1. The van der Waals surface area contributed by atoms with Crippen molar-refractivity contribution in [3.8, 4) is 0 Å². The predicted molar refractivity (Wildman–Crippen MR) is 70.3 cm³/mol. The Labute approximate surface area is 107 Å². The molecule has 3 rings (SSSR count). The molecular formula is C12H9N5O2. The molecule has 0 spiro atoms. The molecule has 7 heteroatoms. The van der Waals surface area contributed by atoms with E-state index >= 15 is 0 Å². The normalized spacial score (nSPS) is 10.5. The number of nitro groups is 1. The lowest BCUT2D eigenvalue weighted by molar-refractivity contribution is -0.385. The Bertz CT molecular complexity index is 735. The first-order chi connectivity index (χ1) is 9.22. The lowest BCUT2D eigenvalue weighted by Crippen LogP contribution is -1.94. The zero-order chi connectivity index (χ0) is 13.2. The molecule has 0 fully saturated rings. The lowest BCUT2D eigenvalue weighted by atomic mass is 10.2. The number of hydrogen-bond acceptors (Lipinski definition) is 5. The molecule has 0 unspecified atom stereocenters. The summed E-state index contributed by atoms with van der Waals surface area (Å²) in [6, 6.07) is 8.67. The Balaban J connectivity index is 1.85. The highest BCUT2D eigenvalue weighted by Crippen LogP contribution is 2.20. The van der Waals surface area contributed by atoms with Gasteiger partial charge >= 0.3 is 0 Å². The second kappa shape index (κ2) is 4.37. The zero-order valence-electron chi connectivity index (χ0n) is 9.70. The molecule has 0 aliphatic heterocycles. The van der Waals surface area contributed by atoms with Crippen LogP contribution in [-0.2, 0) is 0 Å². The molecule has 7 nitrogen and oxygen atoms in total. The summed E-state index contributed by atoms with van der Waals surface area (Å²) in [5.74, 6) is 0.549. The van der Waals surface area contributed by atoms with Crippen LogP contribution < -0.4 is 5.32 Å². The first kappa shape index (κ1) is 11.1. The zero-order valence-corrected chi connectivity index (χ0v) is 9.70. The van der Waals surface area contributed by atoms with Crippen molar-refractivity contribution < 1.29 is 4.92 Å². The van der Waals surface area contributed by atoms with Crippen LogP contribution in [0.1, 0.15) is 0 Å². The molecule has 0 atom stereocenters. The van der Waals surface area contributed by atoms with E-state index in [0.717, 1.165) is 16.6 Å². The van der Waals surface area contributed by atoms with Crippen LogP contribution >= 0.6 is 0 Å². The lowest BCUT2D eigenvalue weighted by Gasteiger charge is -2.04. The monoisotopic (exact) mass is 255 g/mol. The number of nitrogens with one attached hydrogen (secondary N) is 2. The van der Waals surface area contributed by atoms with Crippen molar-refractivity contribution in [2.45, 2.75) is 0 Å². The highest BCUT2D eigenvalue weighted by atomic mass is 16.6. The van der Waals surface area contributed by atoms with Crippen molar-refractivity contribution in [3.05, 3.63) is 52.8 Å². The van der Waals surface area contributed by atoms with Gasteiger partial charge < -0.3 is 5.32 Å². The van der Waals surface area contributed by atoms with Gasteiger partial charge in [-0.05, 0) is 24.3 Å². The van der Waals surface area contributed by atoms with E-state index in [2.05, 4.69) is 20.5 Å². The van der Waals surface area contributed by atoms with Crippen LogP contribution in [0.25, 0.3) is 10.9 Å². The van der Waals surface area contributed by atoms with Crippen molar-refractivity contribution in [2.24, 2.45) is 0 Å². The average Bonchev–Trinajstić information content (AvgIpc) is 2.87. The first-order valence-corrected chi connectivity index (χ1v) is 5.53. The maximum absolute atomic E-state index is 10.5. The minimum Gasteiger partial charge on any atom is -0.340 e. The second-order valence-electron chi connectivity index (χ2n) is 3.96. The van der Waals surface area contributed by atoms with Crippen molar-refractivity contribution in [1.82, 2.24) is 15.2 Å². The van der Waals surface area contributed by atoms with Crippen molar-refractivity contribution in [2.75, 3.05) is 5.32 Å². The number of aromatic nitrogens is 3. The number of pyridine rings is 1. The molecule has 2 heterocycles. The van der Waals surface area contributed by atoms with E-state index in [0.29, 0.717) is 5.82 Å². The first-order valence-electron chi connectivity index (χ1n) is 5.53. The van der Waals surface area contributed by atoms with E-state index in [1.165, 1.54) is 12.3 Å². The molecule has 0 bridgehead atoms. The number of benzene rings is 1. The summed E-state index contributed by atoms with van der Waals surface area (Å²) in [7, 11) is 0. The molecule has 0 amide bonds. The third-order valence-corrected chi connectivity index (χ3v) is 2.67. The predicted octanol–water partition coefficient (Wildman–Crippen LogP) is 2.61. The van der Waals surface area contributed by atoms with Gasteiger partial charge in [-0.3, -0.25) is 15.2 Å². The summed E-state index contributed by atoms with van der Waals surface area (Å²) in [5, 5.41) is 21.4. The number of fused-ring (bicyclic) bond motifs is 1. The molecule has 0 radical (unpaired) electrons. The van der Waals surface area contributed by atoms with Crippen LogP contribution in [-0.4, -0.2) is 20.1 Å². The molecule has 94 valence electrons. The summed E-state index contributed by atoms with van der Waals surface area (Å²) in [4.78, 5) is 14.0. The van der Waals surface area contributed by atoms with Crippen molar-refractivity contribution >= 4 is 28.1 Å². The van der Waals surface area contributed by atoms with E-state index in [1.54, 1.807) is 12.3 Å². The van der Waals surface area contributed by atoms with E-state index in [-0.39, 0.29) is 5.69 Å². The number of anilines is 2. The van der Waals surface area contributed by atoms with Gasteiger partial charge in [0, 0.05) is 17.1 Å². The fourth-order valence-corrected chi connectivity index (χ4v) is 1.74. The molecule has 0 saturated carbocycles. The van der Waals surface area contributed by atoms with Gasteiger partial charge in [-0.2, -0.15) is 5.10 Å². The SMILES string of the molecule is O=[N+]([O-])c1ccc(Nc2ccc3[nH]ncc3c2)nc1. The van der Waals surface area contributed by atoms with Gasteiger partial charge in [0.15, 0.2) is 0 Å². The van der Waals surface area contributed by atoms with Gasteiger partial charge in [0.2, 0.25) is 0 Å². The van der Waals surface area contributed by atoms with Crippen LogP contribution in [0.2, 0.25) is 0 Å². The van der Waals surface area contributed by atoms with Crippen molar-refractivity contribution in [3.63, 3.8) is 0 Å². The summed E-state index contributed by atoms with van der Waals surface area (Å²) < 4.78 is 0. The molecule has 3 aromatic rings. The summed E-state index contributed by atoms with van der Waals surface area (Å²) in [6.07, 6.45) is 2.95. The van der Waals surface area contributed by atoms with Gasteiger partial charge in [-0.25, -0.2) is 4.98 Å². The quantitative estimate of drug-likeness (QED) is 0.553. The minimum absolute atomic E-state index is 0.0316. The smallest absolute Gasteiger partial charge is 0.287 e. The van der Waals surface area contributed by atoms with Gasteiger partial charge in [-0.15, -0.1) is 0 Å². The van der Waals surface area contributed by atoms with Crippen LogP contribution in [0.5, 0.6) is 0 Å². The van der Waals surface area contributed by atoms with Crippen molar-refractivity contribution in [1.29, 1.82) is 0 Å². The second-order valence-corrected chi connectivity index (χ2v) is 3.96. The summed E-state index contributed by atoms with van der Waals surface area (Å²) in [6.45, 7) is 0. The Morgan fingerprint density at radius 1 is 1.21 bits per heavy atom. The molecule has 0 aliphatic carbocycles. The minimum atomic E-state index is -0.478. The molecule has 0 saturated heterocycles. The Kier molecular flexibility index (Phi) is 2.57.